The van der Waals surface area contributed by atoms with Crippen molar-refractivity contribution in [1.29, 1.82) is 0 Å². The van der Waals surface area contributed by atoms with E-state index in [4.69, 9.17) is 11.6 Å². The molecule has 0 spiro atoms. The lowest BCUT2D eigenvalue weighted by molar-refractivity contribution is -0.125. The Balaban J connectivity index is 4.72. The van der Waals surface area contributed by atoms with E-state index in [2.05, 4.69) is 10.7 Å². The van der Waals surface area contributed by atoms with Crippen LogP contribution in [0.2, 0.25) is 0 Å². The van der Waals surface area contributed by atoms with Crippen LogP contribution in [0, 0.1) is 0 Å². The van der Waals surface area contributed by atoms with Crippen molar-refractivity contribution in [2.75, 3.05) is 5.88 Å². The molecule has 0 bridgehead atoms. The van der Waals surface area contributed by atoms with Crippen molar-refractivity contribution in [2.24, 2.45) is 0 Å². The monoisotopic (exact) mass is 230 g/mol. The number of rotatable bonds is 2. The number of hydrogen-bond acceptors (Lipinski definition) is 2. The Morgan fingerprint density at radius 3 is 1.73 bits per heavy atom. The molecule has 0 N–H and O–H groups in total. The Bertz CT molecular complexity index is 221. The zero-order valence-electron chi connectivity index (χ0n) is 4.90. The van der Waals surface area contributed by atoms with Gasteiger partial charge in [0.15, 0.2) is 5.25 Å². The van der Waals surface area contributed by atoms with Gasteiger partial charge in [0.2, 0.25) is 9.05 Å². The third-order valence-corrected chi connectivity index (χ3v) is 3.10. The quantitative estimate of drug-likeness (QED) is 0.535. The summed E-state index contributed by atoms with van der Waals surface area (Å²) >= 11 is 4.75. The fourth-order valence-corrected chi connectivity index (χ4v) is 2.15. The van der Waals surface area contributed by atoms with Crippen molar-refractivity contribution >= 4 is 31.3 Å². The summed E-state index contributed by atoms with van der Waals surface area (Å²) < 4.78 is 55.3. The summed E-state index contributed by atoms with van der Waals surface area (Å²) in [5.74, 6) is -1.09. The minimum absolute atomic E-state index is 1.09. The van der Waals surface area contributed by atoms with Crippen LogP contribution >= 0.6 is 22.3 Å². The molecule has 0 rings (SSSR count). The summed E-state index contributed by atoms with van der Waals surface area (Å²) in [5, 5.41) is -2.68. The first-order valence-electron chi connectivity index (χ1n) is 2.25. The zero-order chi connectivity index (χ0) is 9.28. The Kier molecular flexibility index (Phi) is 3.46. The molecule has 0 saturated heterocycles. The van der Waals surface area contributed by atoms with E-state index in [-0.39, 0.29) is 0 Å². The van der Waals surface area contributed by atoms with Gasteiger partial charge in [0.25, 0.3) is 0 Å². The third-order valence-electron chi connectivity index (χ3n) is 0.845. The van der Waals surface area contributed by atoms with Gasteiger partial charge in [0, 0.05) is 16.6 Å². The summed E-state index contributed by atoms with van der Waals surface area (Å²) in [6, 6.07) is 0. The maximum absolute atomic E-state index is 11.7. The molecule has 0 aromatic carbocycles. The van der Waals surface area contributed by atoms with Crippen molar-refractivity contribution < 1.29 is 21.6 Å². The van der Waals surface area contributed by atoms with Crippen LogP contribution in [0.3, 0.4) is 0 Å². The highest BCUT2D eigenvalue weighted by atomic mass is 35.7. The molecular formula is C3H3Cl2F3O2S. The number of halogens is 5. The Labute approximate surface area is 70.7 Å². The van der Waals surface area contributed by atoms with Gasteiger partial charge in [-0.05, 0) is 0 Å². The van der Waals surface area contributed by atoms with Gasteiger partial charge >= 0.3 is 6.18 Å². The van der Waals surface area contributed by atoms with Crippen molar-refractivity contribution in [3.63, 3.8) is 0 Å². The van der Waals surface area contributed by atoms with Gasteiger partial charge in [-0.15, -0.1) is 11.6 Å². The topological polar surface area (TPSA) is 34.1 Å². The molecule has 0 aromatic rings. The maximum Gasteiger partial charge on any atom is 0.407 e. The molecule has 1 unspecified atom stereocenters. The fourth-order valence-electron chi connectivity index (χ4n) is 0.322. The van der Waals surface area contributed by atoms with Crippen LogP contribution in [0.25, 0.3) is 0 Å². The zero-order valence-corrected chi connectivity index (χ0v) is 7.23. The Morgan fingerprint density at radius 2 is 1.73 bits per heavy atom. The minimum atomic E-state index is -4.90. The summed E-state index contributed by atoms with van der Waals surface area (Å²) in [4.78, 5) is 0. The van der Waals surface area contributed by atoms with Gasteiger partial charge in [-0.3, -0.25) is 0 Å². The first kappa shape index (κ1) is 11.3. The van der Waals surface area contributed by atoms with Gasteiger partial charge in [0.05, 0.1) is 0 Å². The van der Waals surface area contributed by atoms with E-state index in [0.717, 1.165) is 0 Å². The molecule has 8 heteroatoms. The van der Waals surface area contributed by atoms with Crippen molar-refractivity contribution in [3.05, 3.63) is 0 Å². The molecule has 0 aliphatic rings. The first-order chi connectivity index (χ1) is 4.69. The van der Waals surface area contributed by atoms with E-state index in [1.165, 1.54) is 0 Å². The highest BCUT2D eigenvalue weighted by Gasteiger charge is 2.47. The molecule has 0 fully saturated rings. The predicted molar refractivity (Wildman–Crippen MR) is 35.3 cm³/mol. The largest absolute Gasteiger partial charge is 0.407 e. The van der Waals surface area contributed by atoms with E-state index >= 15 is 0 Å². The minimum Gasteiger partial charge on any atom is -0.212 e. The lowest BCUT2D eigenvalue weighted by Crippen LogP contribution is -2.35. The van der Waals surface area contributed by atoms with Gasteiger partial charge in [-0.25, -0.2) is 8.42 Å². The second-order valence-electron chi connectivity index (χ2n) is 1.66. The third kappa shape index (κ3) is 3.48. The van der Waals surface area contributed by atoms with Crippen LogP contribution in [-0.2, 0) is 9.05 Å². The first-order valence-corrected chi connectivity index (χ1v) is 5.16. The normalized spacial score (nSPS) is 16.5. The van der Waals surface area contributed by atoms with E-state index in [0.29, 0.717) is 0 Å². The van der Waals surface area contributed by atoms with Crippen molar-refractivity contribution in [2.45, 2.75) is 11.4 Å². The highest BCUT2D eigenvalue weighted by Crippen LogP contribution is 2.28. The average molecular weight is 231 g/mol. The average Bonchev–Trinajstić information content (AvgIpc) is 1.56. The molecule has 0 radical (unpaired) electrons. The highest BCUT2D eigenvalue weighted by molar-refractivity contribution is 8.14. The van der Waals surface area contributed by atoms with Crippen molar-refractivity contribution in [3.8, 4) is 0 Å². The van der Waals surface area contributed by atoms with Crippen LogP contribution in [-0.4, -0.2) is 25.7 Å². The van der Waals surface area contributed by atoms with E-state index < -0.39 is 26.4 Å². The molecule has 68 valence electrons. The standard InChI is InChI=1S/C3H3Cl2F3O2S/c4-1-2(3(6,7)8)11(5,9)10/h2H,1H2. The van der Waals surface area contributed by atoms with Crippen LogP contribution < -0.4 is 0 Å². The second kappa shape index (κ2) is 3.37. The summed E-state index contributed by atoms with van der Waals surface area (Å²) in [6.45, 7) is 0. The number of alkyl halides is 4. The number of hydrogen-bond donors (Lipinski definition) is 0. The second-order valence-corrected chi connectivity index (χ2v) is 4.78. The van der Waals surface area contributed by atoms with Gasteiger partial charge in [0.1, 0.15) is 0 Å². The summed E-state index contributed by atoms with van der Waals surface area (Å²) in [5.41, 5.74) is 0. The molecule has 0 aliphatic carbocycles. The van der Waals surface area contributed by atoms with Crippen LogP contribution in [0.5, 0.6) is 0 Å². The molecule has 1 atom stereocenters. The van der Waals surface area contributed by atoms with E-state index in [1.54, 1.807) is 0 Å². The molecule has 2 nitrogen and oxygen atoms in total. The van der Waals surface area contributed by atoms with Gasteiger partial charge in [-0.2, -0.15) is 13.2 Å². The van der Waals surface area contributed by atoms with E-state index in [1.807, 2.05) is 0 Å². The Morgan fingerprint density at radius 1 is 1.36 bits per heavy atom. The smallest absolute Gasteiger partial charge is 0.212 e. The molecule has 0 aromatic heterocycles. The molecule has 11 heavy (non-hydrogen) atoms. The molecule has 0 saturated carbocycles. The SMILES string of the molecule is O=S(=O)(Cl)C(CCl)C(F)(F)F. The lowest BCUT2D eigenvalue weighted by atomic mass is 10.5. The van der Waals surface area contributed by atoms with Crippen LogP contribution in [0.15, 0.2) is 0 Å². The molecule has 0 amide bonds. The lowest BCUT2D eigenvalue weighted by Gasteiger charge is -2.13. The van der Waals surface area contributed by atoms with E-state index in [9.17, 15) is 21.6 Å². The van der Waals surface area contributed by atoms with Gasteiger partial charge in [-0.1, -0.05) is 0 Å². The summed E-state index contributed by atoms with van der Waals surface area (Å²) in [7, 11) is -0.206. The van der Waals surface area contributed by atoms with Gasteiger partial charge < -0.3 is 0 Å². The predicted octanol–water partition coefficient (Wildman–Crippen LogP) is 1.72. The van der Waals surface area contributed by atoms with Crippen LogP contribution in [0.4, 0.5) is 13.2 Å². The molecule has 0 heterocycles. The van der Waals surface area contributed by atoms with Crippen LogP contribution in [0.1, 0.15) is 0 Å². The molecule has 0 aliphatic heterocycles. The molecular weight excluding hydrogens is 228 g/mol. The van der Waals surface area contributed by atoms with Crippen molar-refractivity contribution in [1.82, 2.24) is 0 Å². The maximum atomic E-state index is 11.7. The summed E-state index contributed by atoms with van der Waals surface area (Å²) in [6.07, 6.45) is -4.90. The Hall–Kier alpha value is 0.320. The fraction of sp³-hybridized carbons (Fsp3) is 1.00.